The third-order valence-electron chi connectivity index (χ3n) is 3.92. The number of rotatable bonds is 4. The number of amides is 1. The molecule has 1 fully saturated rings. The molecule has 0 aliphatic carbocycles. The number of aromatic nitrogens is 2. The molecule has 6 heteroatoms. The van der Waals surface area contributed by atoms with Gasteiger partial charge < -0.3 is 16.0 Å². The Morgan fingerprint density at radius 1 is 1.09 bits per heavy atom. The van der Waals surface area contributed by atoms with E-state index >= 15 is 0 Å². The number of hydrogen-bond donors (Lipinski definition) is 2. The highest BCUT2D eigenvalue weighted by molar-refractivity contribution is 5.77. The van der Waals surface area contributed by atoms with Crippen LogP contribution in [0.1, 0.15) is 12.8 Å². The van der Waals surface area contributed by atoms with Gasteiger partial charge in [0.15, 0.2) is 11.6 Å². The molecule has 2 aromatic rings. The van der Waals surface area contributed by atoms with E-state index in [0.717, 1.165) is 37.4 Å². The number of nitrogens with zero attached hydrogens (tertiary/aromatic N) is 3. The number of anilines is 3. The van der Waals surface area contributed by atoms with E-state index in [1.54, 1.807) is 0 Å². The van der Waals surface area contributed by atoms with E-state index in [4.69, 9.17) is 5.73 Å². The average Bonchev–Trinajstić information content (AvgIpc) is 2.57. The summed E-state index contributed by atoms with van der Waals surface area (Å²) in [5.74, 6) is 1.33. The first-order valence-electron chi connectivity index (χ1n) is 7.42. The summed E-state index contributed by atoms with van der Waals surface area (Å²) in [5.41, 5.74) is 6.33. The summed E-state index contributed by atoms with van der Waals surface area (Å²) in [4.78, 5) is 13.3. The number of nitrogens with one attached hydrogen (secondary N) is 1. The molecule has 6 nitrogen and oxygen atoms in total. The highest BCUT2D eigenvalue weighted by Crippen LogP contribution is 2.22. The zero-order valence-electron chi connectivity index (χ0n) is 12.3. The average molecular weight is 297 g/mol. The fourth-order valence-corrected chi connectivity index (χ4v) is 2.62. The van der Waals surface area contributed by atoms with Crippen LogP contribution in [0.3, 0.4) is 0 Å². The van der Waals surface area contributed by atoms with Crippen molar-refractivity contribution in [3.63, 3.8) is 0 Å². The summed E-state index contributed by atoms with van der Waals surface area (Å²) in [6.07, 6.45) is 1.56. The Morgan fingerprint density at radius 2 is 1.82 bits per heavy atom. The molecule has 2 heterocycles. The molecule has 3 N–H and O–H groups in total. The predicted octanol–water partition coefficient (Wildman–Crippen LogP) is 1.92. The van der Waals surface area contributed by atoms with Gasteiger partial charge >= 0.3 is 0 Å². The van der Waals surface area contributed by atoms with Gasteiger partial charge in [-0.25, -0.2) is 0 Å². The van der Waals surface area contributed by atoms with Gasteiger partial charge in [0, 0.05) is 24.7 Å². The number of carbonyl (C=O) groups is 1. The minimum atomic E-state index is -0.201. The van der Waals surface area contributed by atoms with E-state index < -0.39 is 0 Å². The number of carbonyl (C=O) groups excluding carboxylic acids is 1. The van der Waals surface area contributed by atoms with Crippen LogP contribution < -0.4 is 16.0 Å². The van der Waals surface area contributed by atoms with Gasteiger partial charge in [0.1, 0.15) is 0 Å². The van der Waals surface area contributed by atoms with Crippen LogP contribution in [0.15, 0.2) is 42.5 Å². The molecule has 0 spiro atoms. The molecule has 3 rings (SSSR count). The molecule has 0 saturated carbocycles. The molecule has 1 amide bonds. The largest absolute Gasteiger partial charge is 0.369 e. The maximum atomic E-state index is 11.2. The summed E-state index contributed by atoms with van der Waals surface area (Å²) >= 11 is 0. The van der Waals surface area contributed by atoms with Crippen LogP contribution in [0.4, 0.5) is 17.3 Å². The summed E-state index contributed by atoms with van der Waals surface area (Å²) in [7, 11) is 0. The Kier molecular flexibility index (Phi) is 4.18. The number of benzene rings is 1. The lowest BCUT2D eigenvalue weighted by molar-refractivity contribution is -0.122. The van der Waals surface area contributed by atoms with E-state index in [9.17, 15) is 4.79 Å². The zero-order chi connectivity index (χ0) is 15.4. The van der Waals surface area contributed by atoms with Crippen molar-refractivity contribution in [3.05, 3.63) is 42.5 Å². The first-order chi connectivity index (χ1) is 10.7. The molecule has 0 atom stereocenters. The van der Waals surface area contributed by atoms with Crippen molar-refractivity contribution < 1.29 is 4.79 Å². The van der Waals surface area contributed by atoms with E-state index in [0.29, 0.717) is 5.82 Å². The minimum Gasteiger partial charge on any atom is -0.369 e. The van der Waals surface area contributed by atoms with Gasteiger partial charge in [-0.1, -0.05) is 18.2 Å². The van der Waals surface area contributed by atoms with Crippen LogP contribution in [0.5, 0.6) is 0 Å². The highest BCUT2D eigenvalue weighted by Gasteiger charge is 2.23. The molecule has 1 aromatic heterocycles. The van der Waals surface area contributed by atoms with Crippen LogP contribution in [0.25, 0.3) is 0 Å². The Morgan fingerprint density at radius 3 is 2.41 bits per heavy atom. The second-order valence-corrected chi connectivity index (χ2v) is 5.43. The van der Waals surface area contributed by atoms with Gasteiger partial charge in [0.25, 0.3) is 0 Å². The van der Waals surface area contributed by atoms with Crippen LogP contribution in [0, 0.1) is 5.92 Å². The fraction of sp³-hybridized carbons (Fsp3) is 0.312. The van der Waals surface area contributed by atoms with Crippen molar-refractivity contribution in [3.8, 4) is 0 Å². The molecule has 1 aromatic carbocycles. The van der Waals surface area contributed by atoms with Gasteiger partial charge in [0.2, 0.25) is 5.91 Å². The van der Waals surface area contributed by atoms with Gasteiger partial charge in [-0.15, -0.1) is 10.2 Å². The lowest BCUT2D eigenvalue weighted by Gasteiger charge is -2.31. The highest BCUT2D eigenvalue weighted by atomic mass is 16.1. The molecular weight excluding hydrogens is 278 g/mol. The van der Waals surface area contributed by atoms with Crippen molar-refractivity contribution in [2.24, 2.45) is 11.7 Å². The molecular formula is C16H19N5O. The summed E-state index contributed by atoms with van der Waals surface area (Å²) in [6.45, 7) is 1.57. The number of piperidine rings is 1. The predicted molar refractivity (Wildman–Crippen MR) is 85.9 cm³/mol. The standard InChI is InChI=1S/C16H19N5O/c17-16(22)12-8-10-21(11-9-12)15-7-6-14(19-20-15)18-13-4-2-1-3-5-13/h1-7,12H,8-11H2,(H2,17,22)(H,18,19). The Hall–Kier alpha value is -2.63. The molecule has 1 aliphatic rings. The number of nitrogens with two attached hydrogens (primary N) is 1. The molecule has 0 unspecified atom stereocenters. The molecule has 22 heavy (non-hydrogen) atoms. The molecule has 1 aliphatic heterocycles. The topological polar surface area (TPSA) is 84.1 Å². The molecule has 0 bridgehead atoms. The monoisotopic (exact) mass is 297 g/mol. The Bertz CT molecular complexity index is 621. The number of para-hydroxylation sites is 1. The summed E-state index contributed by atoms with van der Waals surface area (Å²) < 4.78 is 0. The van der Waals surface area contributed by atoms with E-state index in [1.807, 2.05) is 42.5 Å². The summed E-state index contributed by atoms with van der Waals surface area (Å²) in [6, 6.07) is 13.7. The lowest BCUT2D eigenvalue weighted by atomic mass is 9.96. The first kappa shape index (κ1) is 14.3. The van der Waals surface area contributed by atoms with E-state index in [2.05, 4.69) is 20.4 Å². The van der Waals surface area contributed by atoms with Gasteiger partial charge in [0.05, 0.1) is 0 Å². The molecule has 114 valence electrons. The van der Waals surface area contributed by atoms with Crippen molar-refractivity contribution in [2.75, 3.05) is 23.3 Å². The van der Waals surface area contributed by atoms with Crippen LogP contribution in [0.2, 0.25) is 0 Å². The van der Waals surface area contributed by atoms with Crippen LogP contribution in [-0.2, 0) is 4.79 Å². The second-order valence-electron chi connectivity index (χ2n) is 5.43. The quantitative estimate of drug-likeness (QED) is 0.900. The van der Waals surface area contributed by atoms with Crippen LogP contribution in [-0.4, -0.2) is 29.2 Å². The third kappa shape index (κ3) is 3.33. The van der Waals surface area contributed by atoms with Gasteiger partial charge in [-0.3, -0.25) is 4.79 Å². The zero-order valence-corrected chi connectivity index (χ0v) is 12.3. The minimum absolute atomic E-state index is 0.0109. The third-order valence-corrected chi connectivity index (χ3v) is 3.92. The van der Waals surface area contributed by atoms with Gasteiger partial charge in [-0.05, 0) is 37.1 Å². The Balaban J connectivity index is 1.61. The summed E-state index contributed by atoms with van der Waals surface area (Å²) in [5, 5.41) is 11.7. The van der Waals surface area contributed by atoms with Crippen LogP contribution >= 0.6 is 0 Å². The van der Waals surface area contributed by atoms with Gasteiger partial charge in [-0.2, -0.15) is 0 Å². The second kappa shape index (κ2) is 6.43. The molecule has 1 saturated heterocycles. The number of hydrogen-bond acceptors (Lipinski definition) is 5. The van der Waals surface area contributed by atoms with E-state index in [1.165, 1.54) is 0 Å². The van der Waals surface area contributed by atoms with Crippen molar-refractivity contribution in [1.29, 1.82) is 0 Å². The van der Waals surface area contributed by atoms with Crippen molar-refractivity contribution >= 4 is 23.2 Å². The first-order valence-corrected chi connectivity index (χ1v) is 7.42. The Labute approximate surface area is 129 Å². The maximum absolute atomic E-state index is 11.2. The number of primary amides is 1. The maximum Gasteiger partial charge on any atom is 0.220 e. The van der Waals surface area contributed by atoms with Crippen molar-refractivity contribution in [2.45, 2.75) is 12.8 Å². The normalized spacial score (nSPS) is 15.5. The SMILES string of the molecule is NC(=O)C1CCN(c2ccc(Nc3ccccc3)nn2)CC1. The van der Waals surface area contributed by atoms with Crippen molar-refractivity contribution in [1.82, 2.24) is 10.2 Å². The smallest absolute Gasteiger partial charge is 0.220 e. The lowest BCUT2D eigenvalue weighted by Crippen LogP contribution is -2.39. The molecule has 0 radical (unpaired) electrons. The van der Waals surface area contributed by atoms with E-state index in [-0.39, 0.29) is 11.8 Å². The fourth-order valence-electron chi connectivity index (χ4n) is 2.62.